The lowest BCUT2D eigenvalue weighted by Crippen LogP contribution is -2.45. The van der Waals surface area contributed by atoms with Crippen LogP contribution in [0, 0.1) is 12.8 Å². The summed E-state index contributed by atoms with van der Waals surface area (Å²) in [5.74, 6) is 3.27. The number of nitrogens with zero attached hydrogens (tertiary/aromatic N) is 3. The number of carbonyl (C=O) groups excluding carboxylic acids is 1. The Bertz CT molecular complexity index is 572. The fourth-order valence-electron chi connectivity index (χ4n) is 3.18. The molecule has 0 unspecified atom stereocenters. The molecule has 2 aliphatic carbocycles. The SMILES string of the molecule is Cc1cc(N2CCC(NC(=O)C3CC3)CC2)nc(C2CC2)n1. The van der Waals surface area contributed by atoms with E-state index in [4.69, 9.17) is 4.98 Å². The van der Waals surface area contributed by atoms with Gasteiger partial charge >= 0.3 is 0 Å². The highest BCUT2D eigenvalue weighted by atomic mass is 16.2. The average molecular weight is 300 g/mol. The highest BCUT2D eigenvalue weighted by Gasteiger charge is 2.32. The Morgan fingerprint density at radius 1 is 1.14 bits per heavy atom. The van der Waals surface area contributed by atoms with E-state index in [1.807, 2.05) is 0 Å². The van der Waals surface area contributed by atoms with Gasteiger partial charge in [-0.3, -0.25) is 4.79 Å². The lowest BCUT2D eigenvalue weighted by atomic mass is 10.0. The molecule has 0 atom stereocenters. The van der Waals surface area contributed by atoms with E-state index in [-0.39, 0.29) is 5.91 Å². The maximum Gasteiger partial charge on any atom is 0.223 e. The number of carbonyl (C=O) groups is 1. The molecule has 0 aromatic carbocycles. The topological polar surface area (TPSA) is 58.1 Å². The first-order chi connectivity index (χ1) is 10.7. The van der Waals surface area contributed by atoms with Crippen molar-refractivity contribution in [2.45, 2.75) is 57.4 Å². The van der Waals surface area contributed by atoms with Gasteiger partial charge in [0.25, 0.3) is 0 Å². The predicted octanol–water partition coefficient (Wildman–Crippen LogP) is 2.16. The zero-order valence-corrected chi connectivity index (χ0v) is 13.2. The van der Waals surface area contributed by atoms with Crippen LogP contribution in [0.15, 0.2) is 6.07 Å². The van der Waals surface area contributed by atoms with Crippen molar-refractivity contribution in [3.05, 3.63) is 17.6 Å². The summed E-state index contributed by atoms with van der Waals surface area (Å²) in [5.41, 5.74) is 1.07. The van der Waals surface area contributed by atoms with Crippen LogP contribution in [-0.4, -0.2) is 35.0 Å². The summed E-state index contributed by atoms with van der Waals surface area (Å²) in [6, 6.07) is 2.44. The molecule has 1 aliphatic heterocycles. The van der Waals surface area contributed by atoms with Gasteiger partial charge in [0.15, 0.2) is 0 Å². The van der Waals surface area contributed by atoms with Crippen molar-refractivity contribution in [2.24, 2.45) is 5.92 Å². The zero-order valence-electron chi connectivity index (χ0n) is 13.2. The molecule has 0 radical (unpaired) electrons. The molecule has 0 bridgehead atoms. The first-order valence-corrected chi connectivity index (χ1v) is 8.60. The summed E-state index contributed by atoms with van der Waals surface area (Å²) in [7, 11) is 0. The van der Waals surface area contributed by atoms with E-state index in [1.54, 1.807) is 0 Å². The molecule has 0 spiro atoms. The molecule has 4 rings (SSSR count). The summed E-state index contributed by atoms with van der Waals surface area (Å²) in [5, 5.41) is 3.21. The molecule has 1 saturated heterocycles. The third kappa shape index (κ3) is 3.08. The summed E-state index contributed by atoms with van der Waals surface area (Å²) in [6.45, 7) is 3.99. The molecule has 5 nitrogen and oxygen atoms in total. The summed E-state index contributed by atoms with van der Waals surface area (Å²) < 4.78 is 0. The predicted molar refractivity (Wildman–Crippen MR) is 84.8 cm³/mol. The Morgan fingerprint density at radius 2 is 1.86 bits per heavy atom. The van der Waals surface area contributed by atoms with Gasteiger partial charge in [0, 0.05) is 42.7 Å². The van der Waals surface area contributed by atoms with E-state index < -0.39 is 0 Å². The van der Waals surface area contributed by atoms with Crippen LogP contribution in [0.5, 0.6) is 0 Å². The molecular weight excluding hydrogens is 276 g/mol. The van der Waals surface area contributed by atoms with Crippen molar-refractivity contribution < 1.29 is 4.79 Å². The summed E-state index contributed by atoms with van der Waals surface area (Å²) in [4.78, 5) is 23.5. The number of nitrogens with one attached hydrogen (secondary N) is 1. The van der Waals surface area contributed by atoms with Crippen LogP contribution in [0.3, 0.4) is 0 Å². The van der Waals surface area contributed by atoms with Crippen LogP contribution in [0.2, 0.25) is 0 Å². The molecule has 118 valence electrons. The fraction of sp³-hybridized carbons (Fsp3) is 0.706. The van der Waals surface area contributed by atoms with Crippen molar-refractivity contribution in [3.8, 4) is 0 Å². The average Bonchev–Trinajstić information content (AvgIpc) is 3.40. The second-order valence-corrected chi connectivity index (χ2v) is 7.04. The molecule has 3 aliphatic rings. The third-order valence-corrected chi connectivity index (χ3v) is 4.91. The Balaban J connectivity index is 1.37. The summed E-state index contributed by atoms with van der Waals surface area (Å²) >= 11 is 0. The molecule has 3 fully saturated rings. The van der Waals surface area contributed by atoms with Gasteiger partial charge in [-0.25, -0.2) is 9.97 Å². The van der Waals surface area contributed by atoms with E-state index in [0.717, 1.165) is 56.1 Å². The minimum Gasteiger partial charge on any atom is -0.356 e. The normalized spacial score (nSPS) is 22.7. The van der Waals surface area contributed by atoms with Crippen molar-refractivity contribution >= 4 is 11.7 Å². The lowest BCUT2D eigenvalue weighted by molar-refractivity contribution is -0.123. The quantitative estimate of drug-likeness (QED) is 0.926. The fourth-order valence-corrected chi connectivity index (χ4v) is 3.18. The van der Waals surface area contributed by atoms with Crippen LogP contribution >= 0.6 is 0 Å². The van der Waals surface area contributed by atoms with E-state index in [0.29, 0.717) is 17.9 Å². The zero-order chi connectivity index (χ0) is 15.1. The van der Waals surface area contributed by atoms with Crippen LogP contribution in [0.1, 0.15) is 56.0 Å². The molecule has 1 N–H and O–H groups in total. The lowest BCUT2D eigenvalue weighted by Gasteiger charge is -2.33. The second kappa shape index (κ2) is 5.52. The maximum absolute atomic E-state index is 11.9. The van der Waals surface area contributed by atoms with Crippen molar-refractivity contribution in [3.63, 3.8) is 0 Å². The largest absolute Gasteiger partial charge is 0.356 e. The Hall–Kier alpha value is -1.65. The number of rotatable bonds is 4. The monoisotopic (exact) mass is 300 g/mol. The van der Waals surface area contributed by atoms with Gasteiger partial charge in [0.2, 0.25) is 5.91 Å². The van der Waals surface area contributed by atoms with E-state index in [9.17, 15) is 4.79 Å². The Kier molecular flexibility index (Phi) is 3.51. The van der Waals surface area contributed by atoms with E-state index in [2.05, 4.69) is 28.2 Å². The molecular formula is C17H24N4O. The number of amides is 1. The third-order valence-electron chi connectivity index (χ3n) is 4.91. The van der Waals surface area contributed by atoms with Gasteiger partial charge in [0.05, 0.1) is 0 Å². The van der Waals surface area contributed by atoms with Crippen LogP contribution in [-0.2, 0) is 4.79 Å². The van der Waals surface area contributed by atoms with E-state index >= 15 is 0 Å². The van der Waals surface area contributed by atoms with Crippen LogP contribution in [0.25, 0.3) is 0 Å². The number of piperidine rings is 1. The number of aryl methyl sites for hydroxylation is 1. The van der Waals surface area contributed by atoms with Gasteiger partial charge < -0.3 is 10.2 Å². The minimum atomic E-state index is 0.271. The number of anilines is 1. The first kappa shape index (κ1) is 14.0. The standard InChI is InChI=1S/C17H24N4O/c1-11-10-15(20-16(18-11)12-2-3-12)21-8-6-14(7-9-21)19-17(22)13-4-5-13/h10,12-14H,2-9H2,1H3,(H,19,22). The molecule has 1 aromatic rings. The molecule has 2 heterocycles. The smallest absolute Gasteiger partial charge is 0.223 e. The molecule has 2 saturated carbocycles. The van der Waals surface area contributed by atoms with Gasteiger partial charge in [-0.15, -0.1) is 0 Å². The number of aromatic nitrogens is 2. The number of hydrogen-bond donors (Lipinski definition) is 1. The Morgan fingerprint density at radius 3 is 2.50 bits per heavy atom. The van der Waals surface area contributed by atoms with Crippen molar-refractivity contribution in [1.29, 1.82) is 0 Å². The highest BCUT2D eigenvalue weighted by molar-refractivity contribution is 5.81. The van der Waals surface area contributed by atoms with Gasteiger partial charge in [-0.1, -0.05) is 0 Å². The molecule has 22 heavy (non-hydrogen) atoms. The second-order valence-electron chi connectivity index (χ2n) is 7.04. The highest BCUT2D eigenvalue weighted by Crippen LogP contribution is 2.38. The van der Waals surface area contributed by atoms with Crippen molar-refractivity contribution in [2.75, 3.05) is 18.0 Å². The molecule has 1 amide bonds. The van der Waals surface area contributed by atoms with Crippen molar-refractivity contribution in [1.82, 2.24) is 15.3 Å². The maximum atomic E-state index is 11.9. The molecule has 5 heteroatoms. The van der Waals surface area contributed by atoms with Gasteiger partial charge in [-0.05, 0) is 45.4 Å². The first-order valence-electron chi connectivity index (χ1n) is 8.60. The summed E-state index contributed by atoms with van der Waals surface area (Å²) in [6.07, 6.45) is 6.65. The van der Waals surface area contributed by atoms with Crippen LogP contribution < -0.4 is 10.2 Å². The molecule has 1 aromatic heterocycles. The van der Waals surface area contributed by atoms with Crippen LogP contribution in [0.4, 0.5) is 5.82 Å². The number of hydrogen-bond acceptors (Lipinski definition) is 4. The minimum absolute atomic E-state index is 0.271. The van der Waals surface area contributed by atoms with Gasteiger partial charge in [0.1, 0.15) is 11.6 Å². The van der Waals surface area contributed by atoms with E-state index in [1.165, 1.54) is 12.8 Å². The Labute approximate surface area is 131 Å². The van der Waals surface area contributed by atoms with Gasteiger partial charge in [-0.2, -0.15) is 0 Å².